The molecule has 0 amide bonds. The molecule has 25 heavy (non-hydrogen) atoms. The van der Waals surface area contributed by atoms with Crippen molar-refractivity contribution >= 4 is 5.96 Å². The van der Waals surface area contributed by atoms with Crippen LogP contribution >= 0.6 is 0 Å². The normalized spacial score (nSPS) is 12.0. The van der Waals surface area contributed by atoms with E-state index in [0.29, 0.717) is 6.61 Å². The Kier molecular flexibility index (Phi) is 9.13. The molecule has 0 heterocycles. The van der Waals surface area contributed by atoms with Gasteiger partial charge >= 0.3 is 0 Å². The van der Waals surface area contributed by atoms with Gasteiger partial charge in [0, 0.05) is 25.7 Å². The lowest BCUT2D eigenvalue weighted by molar-refractivity contribution is 0.281. The molecule has 1 aromatic rings. The second kappa shape index (κ2) is 10.8. The van der Waals surface area contributed by atoms with Crippen LogP contribution in [0.4, 0.5) is 0 Å². The summed E-state index contributed by atoms with van der Waals surface area (Å²) < 4.78 is 10.9. The smallest absolute Gasteiger partial charge is 0.193 e. The third-order valence-corrected chi connectivity index (χ3v) is 3.48. The van der Waals surface area contributed by atoms with Crippen molar-refractivity contribution in [1.29, 1.82) is 0 Å². The lowest BCUT2D eigenvalue weighted by Crippen LogP contribution is -2.42. The van der Waals surface area contributed by atoms with Gasteiger partial charge < -0.3 is 25.0 Å². The zero-order valence-corrected chi connectivity index (χ0v) is 16.6. The van der Waals surface area contributed by atoms with Gasteiger partial charge in [0.1, 0.15) is 18.1 Å². The topological polar surface area (TPSA) is 58.1 Å². The maximum absolute atomic E-state index is 5.78. The number of rotatable bonds is 9. The van der Waals surface area contributed by atoms with E-state index in [-0.39, 0.29) is 5.54 Å². The van der Waals surface area contributed by atoms with Gasteiger partial charge in [0.25, 0.3) is 0 Å². The highest BCUT2D eigenvalue weighted by molar-refractivity contribution is 5.79. The standard InChI is InChI=1S/C19H34N4O2/c1-7-20-18(21-12-13-22-19(2,3)4)23(5)14-15-25-17-10-8-16(24-6)9-11-17/h8-11,22H,7,12-15H2,1-6H3,(H,20,21). The van der Waals surface area contributed by atoms with Crippen molar-refractivity contribution in [2.75, 3.05) is 46.9 Å². The second-order valence-electron chi connectivity index (χ2n) is 6.86. The van der Waals surface area contributed by atoms with Crippen LogP contribution in [-0.2, 0) is 0 Å². The average molecular weight is 351 g/mol. The summed E-state index contributed by atoms with van der Waals surface area (Å²) in [6.07, 6.45) is 0. The average Bonchev–Trinajstić information content (AvgIpc) is 2.57. The Morgan fingerprint density at radius 1 is 1.16 bits per heavy atom. The van der Waals surface area contributed by atoms with Gasteiger partial charge in [-0.1, -0.05) is 0 Å². The number of ether oxygens (including phenoxy) is 2. The maximum atomic E-state index is 5.78. The van der Waals surface area contributed by atoms with E-state index >= 15 is 0 Å². The highest BCUT2D eigenvalue weighted by atomic mass is 16.5. The molecule has 0 aromatic heterocycles. The Balaban J connectivity index is 2.42. The molecule has 0 saturated heterocycles. The number of hydrogen-bond donors (Lipinski definition) is 2. The van der Waals surface area contributed by atoms with Crippen LogP contribution < -0.4 is 20.1 Å². The van der Waals surface area contributed by atoms with Gasteiger partial charge in [0.2, 0.25) is 0 Å². The van der Waals surface area contributed by atoms with Crippen LogP contribution in [0.1, 0.15) is 27.7 Å². The Hall–Kier alpha value is -1.95. The number of nitrogens with zero attached hydrogens (tertiary/aromatic N) is 2. The van der Waals surface area contributed by atoms with Gasteiger partial charge in [-0.25, -0.2) is 0 Å². The summed E-state index contributed by atoms with van der Waals surface area (Å²) in [5.41, 5.74) is 0.117. The van der Waals surface area contributed by atoms with E-state index in [1.807, 2.05) is 31.3 Å². The highest BCUT2D eigenvalue weighted by Gasteiger charge is 2.08. The van der Waals surface area contributed by atoms with Crippen LogP contribution in [0.5, 0.6) is 11.5 Å². The largest absolute Gasteiger partial charge is 0.497 e. The first-order chi connectivity index (χ1) is 11.9. The minimum absolute atomic E-state index is 0.117. The summed E-state index contributed by atoms with van der Waals surface area (Å²) in [6, 6.07) is 7.62. The molecule has 1 aromatic carbocycles. The van der Waals surface area contributed by atoms with Crippen molar-refractivity contribution in [3.05, 3.63) is 24.3 Å². The molecule has 0 fully saturated rings. The first kappa shape index (κ1) is 21.1. The molecule has 0 saturated carbocycles. The van der Waals surface area contributed by atoms with E-state index < -0.39 is 0 Å². The van der Waals surface area contributed by atoms with Crippen LogP contribution in [0, 0.1) is 0 Å². The molecule has 0 aliphatic carbocycles. The molecule has 0 radical (unpaired) electrons. The Morgan fingerprint density at radius 3 is 2.36 bits per heavy atom. The molecule has 6 nitrogen and oxygen atoms in total. The van der Waals surface area contributed by atoms with Crippen molar-refractivity contribution < 1.29 is 9.47 Å². The van der Waals surface area contributed by atoms with E-state index in [1.165, 1.54) is 0 Å². The fraction of sp³-hybridized carbons (Fsp3) is 0.632. The van der Waals surface area contributed by atoms with Crippen LogP contribution in [0.25, 0.3) is 0 Å². The van der Waals surface area contributed by atoms with E-state index in [4.69, 9.17) is 9.47 Å². The third-order valence-electron chi connectivity index (χ3n) is 3.48. The molecule has 0 aliphatic heterocycles. The number of guanidine groups is 1. The molecule has 6 heteroatoms. The number of nitrogens with one attached hydrogen (secondary N) is 2. The number of likely N-dealkylation sites (N-methyl/N-ethyl adjacent to an activating group) is 1. The molecule has 142 valence electrons. The Bertz CT molecular complexity index is 509. The van der Waals surface area contributed by atoms with Gasteiger partial charge in [-0.2, -0.15) is 0 Å². The van der Waals surface area contributed by atoms with Crippen molar-refractivity contribution in [3.63, 3.8) is 0 Å². The maximum Gasteiger partial charge on any atom is 0.193 e. The summed E-state index contributed by atoms with van der Waals surface area (Å²) >= 11 is 0. The number of benzene rings is 1. The van der Waals surface area contributed by atoms with Gasteiger partial charge in [0.15, 0.2) is 5.96 Å². The molecular weight excluding hydrogens is 316 g/mol. The molecule has 0 aliphatic rings. The Morgan fingerprint density at radius 2 is 1.80 bits per heavy atom. The van der Waals surface area contributed by atoms with Crippen LogP contribution in [0.3, 0.4) is 0 Å². The SMILES string of the molecule is CCNC(=NCCNC(C)(C)C)N(C)CCOc1ccc(OC)cc1. The van der Waals surface area contributed by atoms with Crippen molar-refractivity contribution in [2.45, 2.75) is 33.2 Å². The zero-order valence-electron chi connectivity index (χ0n) is 16.6. The van der Waals surface area contributed by atoms with Crippen molar-refractivity contribution in [3.8, 4) is 11.5 Å². The van der Waals surface area contributed by atoms with Crippen molar-refractivity contribution in [1.82, 2.24) is 15.5 Å². The van der Waals surface area contributed by atoms with Gasteiger partial charge in [-0.05, 0) is 52.0 Å². The fourth-order valence-corrected chi connectivity index (χ4v) is 2.14. The second-order valence-corrected chi connectivity index (χ2v) is 6.86. The number of methoxy groups -OCH3 is 1. The number of aliphatic imine (C=N–C) groups is 1. The summed E-state index contributed by atoms with van der Waals surface area (Å²) in [5, 5.41) is 6.76. The van der Waals surface area contributed by atoms with Crippen LogP contribution in [0.2, 0.25) is 0 Å². The van der Waals surface area contributed by atoms with Crippen molar-refractivity contribution in [2.24, 2.45) is 4.99 Å². The predicted molar refractivity (Wildman–Crippen MR) is 105 cm³/mol. The van der Waals surface area contributed by atoms with Crippen LogP contribution in [0.15, 0.2) is 29.3 Å². The van der Waals surface area contributed by atoms with E-state index in [0.717, 1.165) is 43.6 Å². The highest BCUT2D eigenvalue weighted by Crippen LogP contribution is 2.16. The monoisotopic (exact) mass is 350 g/mol. The van der Waals surface area contributed by atoms with Gasteiger partial charge in [0.05, 0.1) is 20.2 Å². The predicted octanol–water partition coefficient (Wildman–Crippen LogP) is 2.36. The van der Waals surface area contributed by atoms with E-state index in [2.05, 4.69) is 48.2 Å². The van der Waals surface area contributed by atoms with Gasteiger partial charge in [-0.15, -0.1) is 0 Å². The minimum atomic E-state index is 0.117. The minimum Gasteiger partial charge on any atom is -0.497 e. The lowest BCUT2D eigenvalue weighted by atomic mass is 10.1. The summed E-state index contributed by atoms with van der Waals surface area (Å²) in [4.78, 5) is 6.75. The molecule has 0 spiro atoms. The quantitative estimate of drug-likeness (QED) is 0.407. The summed E-state index contributed by atoms with van der Waals surface area (Å²) in [7, 11) is 3.68. The molecule has 0 unspecified atom stereocenters. The molecule has 0 atom stereocenters. The summed E-state index contributed by atoms with van der Waals surface area (Å²) in [6.45, 7) is 12.3. The first-order valence-electron chi connectivity index (χ1n) is 8.87. The summed E-state index contributed by atoms with van der Waals surface area (Å²) in [5.74, 6) is 2.57. The van der Waals surface area contributed by atoms with Crippen LogP contribution in [-0.4, -0.2) is 63.3 Å². The van der Waals surface area contributed by atoms with E-state index in [9.17, 15) is 0 Å². The third kappa shape index (κ3) is 9.19. The number of hydrogen-bond acceptors (Lipinski definition) is 4. The van der Waals surface area contributed by atoms with Gasteiger partial charge in [-0.3, -0.25) is 4.99 Å². The molecule has 1 rings (SSSR count). The first-order valence-corrected chi connectivity index (χ1v) is 8.87. The molecular formula is C19H34N4O2. The lowest BCUT2D eigenvalue weighted by Gasteiger charge is -2.23. The fourth-order valence-electron chi connectivity index (χ4n) is 2.14. The van der Waals surface area contributed by atoms with E-state index in [1.54, 1.807) is 7.11 Å². The molecule has 2 N–H and O–H groups in total. The molecule has 0 bridgehead atoms. The zero-order chi connectivity index (χ0) is 18.7. The Labute approximate surface area is 152 Å².